The van der Waals surface area contributed by atoms with Crippen LogP contribution in [0.4, 0.5) is 0 Å². The number of rotatable bonds is 2. The molecule has 88 valence electrons. The van der Waals surface area contributed by atoms with E-state index in [4.69, 9.17) is 0 Å². The molecule has 0 unspecified atom stereocenters. The number of fused-ring (bicyclic) bond motifs is 1. The predicted molar refractivity (Wildman–Crippen MR) is 70.8 cm³/mol. The molecule has 0 fully saturated rings. The Morgan fingerprint density at radius 2 is 2.00 bits per heavy atom. The minimum absolute atomic E-state index is 0.577. The van der Waals surface area contributed by atoms with E-state index in [1.807, 2.05) is 26.2 Å². The van der Waals surface area contributed by atoms with Gasteiger partial charge in [-0.15, -0.1) is 0 Å². The van der Waals surface area contributed by atoms with Gasteiger partial charge in [0, 0.05) is 24.3 Å². The highest BCUT2D eigenvalue weighted by atomic mass is 15.0. The third-order valence-electron chi connectivity index (χ3n) is 2.68. The van der Waals surface area contributed by atoms with Crippen molar-refractivity contribution < 1.29 is 0 Å². The zero-order valence-corrected chi connectivity index (χ0v) is 11.0. The number of pyridine rings is 1. The fraction of sp³-hybridized carbons (Fsp3) is 0.500. The molecule has 0 atom stereocenters. The fourth-order valence-corrected chi connectivity index (χ4v) is 1.89. The first-order valence-electron chi connectivity index (χ1n) is 6.16. The van der Waals surface area contributed by atoms with Gasteiger partial charge >= 0.3 is 0 Å². The van der Waals surface area contributed by atoms with Crippen molar-refractivity contribution in [2.75, 3.05) is 0 Å². The van der Waals surface area contributed by atoms with Crippen molar-refractivity contribution in [1.29, 1.82) is 0 Å². The maximum absolute atomic E-state index is 4.17. The fourth-order valence-electron chi connectivity index (χ4n) is 1.89. The molecule has 2 heterocycles. The van der Waals surface area contributed by atoms with Crippen LogP contribution in [-0.4, -0.2) is 9.55 Å². The van der Waals surface area contributed by atoms with Gasteiger partial charge < -0.3 is 4.57 Å². The molecule has 0 saturated heterocycles. The lowest BCUT2D eigenvalue weighted by Gasteiger charge is -2.00. The van der Waals surface area contributed by atoms with Crippen LogP contribution < -0.4 is 0 Å². The Hall–Kier alpha value is -1.31. The van der Waals surface area contributed by atoms with Gasteiger partial charge in [0.05, 0.1) is 11.7 Å². The second-order valence-electron chi connectivity index (χ2n) is 3.92. The van der Waals surface area contributed by atoms with E-state index >= 15 is 0 Å². The van der Waals surface area contributed by atoms with Gasteiger partial charge in [-0.1, -0.05) is 27.7 Å². The van der Waals surface area contributed by atoms with Crippen molar-refractivity contribution in [3.63, 3.8) is 0 Å². The lowest BCUT2D eigenvalue weighted by atomic mass is 10.0. The van der Waals surface area contributed by atoms with Crippen LogP contribution in [0, 0.1) is 0 Å². The number of hydrogen-bond donors (Lipinski definition) is 0. The highest BCUT2D eigenvalue weighted by Crippen LogP contribution is 2.26. The monoisotopic (exact) mass is 218 g/mol. The van der Waals surface area contributed by atoms with Crippen molar-refractivity contribution in [3.8, 4) is 0 Å². The minimum Gasteiger partial charge on any atom is -0.346 e. The average molecular weight is 218 g/mol. The van der Waals surface area contributed by atoms with Crippen LogP contribution in [0.25, 0.3) is 10.9 Å². The molecule has 0 radical (unpaired) electrons. The van der Waals surface area contributed by atoms with E-state index in [2.05, 4.69) is 42.6 Å². The third kappa shape index (κ3) is 2.26. The number of aryl methyl sites for hydroxylation is 1. The van der Waals surface area contributed by atoms with Crippen molar-refractivity contribution in [2.45, 2.75) is 47.1 Å². The maximum Gasteiger partial charge on any atom is 0.0669 e. The van der Waals surface area contributed by atoms with E-state index < -0.39 is 0 Å². The van der Waals surface area contributed by atoms with Gasteiger partial charge in [-0.25, -0.2) is 0 Å². The zero-order chi connectivity index (χ0) is 12.1. The molecule has 2 aromatic rings. The summed E-state index contributed by atoms with van der Waals surface area (Å²) < 4.78 is 2.26. The molecule has 0 aliphatic rings. The Balaban J connectivity index is 0.000000606. The predicted octanol–water partition coefficient (Wildman–Crippen LogP) is 4.21. The topological polar surface area (TPSA) is 17.8 Å². The average Bonchev–Trinajstić information content (AvgIpc) is 2.70. The van der Waals surface area contributed by atoms with E-state index in [1.54, 1.807) is 0 Å². The second-order valence-corrected chi connectivity index (χ2v) is 3.92. The summed E-state index contributed by atoms with van der Waals surface area (Å²) >= 11 is 0. The Bertz CT molecular complexity index is 441. The number of nitrogens with zero attached hydrogens (tertiary/aromatic N) is 2. The summed E-state index contributed by atoms with van der Waals surface area (Å²) in [4.78, 5) is 4.17. The van der Waals surface area contributed by atoms with Crippen LogP contribution in [0.2, 0.25) is 0 Å². The van der Waals surface area contributed by atoms with Crippen LogP contribution in [0.3, 0.4) is 0 Å². The number of aromatic nitrogens is 2. The van der Waals surface area contributed by atoms with Crippen molar-refractivity contribution >= 4 is 10.9 Å². The first kappa shape index (κ1) is 12.8. The molecule has 2 nitrogen and oxygen atoms in total. The van der Waals surface area contributed by atoms with Gasteiger partial charge in [0.1, 0.15) is 0 Å². The Morgan fingerprint density at radius 1 is 1.31 bits per heavy atom. The summed E-state index contributed by atoms with van der Waals surface area (Å²) in [5.41, 5.74) is 2.67. The molecule has 0 aliphatic heterocycles. The normalized spacial score (nSPS) is 10.4. The zero-order valence-electron chi connectivity index (χ0n) is 11.0. The molecular weight excluding hydrogens is 196 g/mol. The molecule has 0 amide bonds. The Morgan fingerprint density at radius 3 is 2.56 bits per heavy atom. The number of hydrogen-bond acceptors (Lipinski definition) is 1. The van der Waals surface area contributed by atoms with E-state index in [1.165, 1.54) is 16.5 Å². The van der Waals surface area contributed by atoms with E-state index in [9.17, 15) is 0 Å². The SMILES string of the molecule is CC.CCn1cc(C(C)C)c2ccncc21. The van der Waals surface area contributed by atoms with Crippen molar-refractivity contribution in [1.82, 2.24) is 9.55 Å². The van der Waals surface area contributed by atoms with Gasteiger partial charge in [0.25, 0.3) is 0 Å². The van der Waals surface area contributed by atoms with E-state index in [0.29, 0.717) is 5.92 Å². The lowest BCUT2D eigenvalue weighted by Crippen LogP contribution is -1.90. The Labute approximate surface area is 98.3 Å². The van der Waals surface area contributed by atoms with E-state index in [0.717, 1.165) is 6.54 Å². The quantitative estimate of drug-likeness (QED) is 0.738. The highest BCUT2D eigenvalue weighted by molar-refractivity contribution is 5.83. The van der Waals surface area contributed by atoms with Crippen molar-refractivity contribution in [2.24, 2.45) is 0 Å². The van der Waals surface area contributed by atoms with Crippen LogP contribution in [0.15, 0.2) is 24.7 Å². The van der Waals surface area contributed by atoms with Crippen LogP contribution in [0.1, 0.15) is 46.1 Å². The van der Waals surface area contributed by atoms with Gasteiger partial charge in [0.2, 0.25) is 0 Å². The molecule has 0 aliphatic carbocycles. The molecule has 0 bridgehead atoms. The molecule has 0 aromatic carbocycles. The molecule has 0 spiro atoms. The van der Waals surface area contributed by atoms with Crippen LogP contribution in [-0.2, 0) is 6.54 Å². The molecule has 0 N–H and O–H groups in total. The van der Waals surface area contributed by atoms with E-state index in [-0.39, 0.29) is 0 Å². The van der Waals surface area contributed by atoms with Gasteiger partial charge in [0.15, 0.2) is 0 Å². The van der Waals surface area contributed by atoms with Crippen LogP contribution >= 0.6 is 0 Å². The van der Waals surface area contributed by atoms with Gasteiger partial charge in [-0.2, -0.15) is 0 Å². The standard InChI is InChI=1S/C12H16N2.C2H6/c1-4-14-8-11(9(2)3)10-5-6-13-7-12(10)14;1-2/h5-9H,4H2,1-3H3;1-2H3. The molecule has 0 saturated carbocycles. The smallest absolute Gasteiger partial charge is 0.0669 e. The second kappa shape index (κ2) is 5.69. The minimum atomic E-state index is 0.577. The summed E-state index contributed by atoms with van der Waals surface area (Å²) in [6.07, 6.45) is 6.07. The maximum atomic E-state index is 4.17. The first-order chi connectivity index (χ1) is 7.74. The molecule has 16 heavy (non-hydrogen) atoms. The molecule has 2 aromatic heterocycles. The summed E-state index contributed by atoms with van der Waals surface area (Å²) in [5, 5.41) is 1.34. The van der Waals surface area contributed by atoms with Gasteiger partial charge in [-0.3, -0.25) is 4.98 Å². The first-order valence-corrected chi connectivity index (χ1v) is 6.16. The van der Waals surface area contributed by atoms with Crippen molar-refractivity contribution in [3.05, 3.63) is 30.2 Å². The largest absolute Gasteiger partial charge is 0.346 e. The highest BCUT2D eigenvalue weighted by Gasteiger charge is 2.09. The van der Waals surface area contributed by atoms with Gasteiger partial charge in [-0.05, 0) is 24.5 Å². The lowest BCUT2D eigenvalue weighted by molar-refractivity contribution is 0.779. The molecular formula is C14H22N2. The molecule has 2 heteroatoms. The summed E-state index contributed by atoms with van der Waals surface area (Å²) in [6.45, 7) is 11.6. The summed E-state index contributed by atoms with van der Waals surface area (Å²) in [7, 11) is 0. The third-order valence-corrected chi connectivity index (χ3v) is 2.68. The summed E-state index contributed by atoms with van der Waals surface area (Å²) in [6, 6.07) is 2.11. The van der Waals surface area contributed by atoms with Crippen LogP contribution in [0.5, 0.6) is 0 Å². The molecule has 2 rings (SSSR count). The summed E-state index contributed by atoms with van der Waals surface area (Å²) in [5.74, 6) is 0.577. The Kier molecular flexibility index (Phi) is 4.53.